The molecule has 0 aliphatic carbocycles. The topological polar surface area (TPSA) is 55.4 Å². The van der Waals surface area contributed by atoms with Crippen molar-refractivity contribution >= 4 is 23.2 Å². The molecule has 0 fully saturated rings. The van der Waals surface area contributed by atoms with Gasteiger partial charge in [0.05, 0.1) is 13.0 Å². The molecule has 4 nitrogen and oxygen atoms in total. The number of carbonyl (C=O) groups is 2. The molecular formula is C14H21NO3S. The number of rotatable bonds is 6. The Balaban J connectivity index is 2.39. The molecule has 0 radical (unpaired) electrons. The van der Waals surface area contributed by atoms with Gasteiger partial charge in [-0.2, -0.15) is 0 Å². The highest BCUT2D eigenvalue weighted by molar-refractivity contribution is 7.10. The van der Waals surface area contributed by atoms with E-state index in [1.54, 1.807) is 18.3 Å². The summed E-state index contributed by atoms with van der Waals surface area (Å²) < 4.78 is 5.07. The quantitative estimate of drug-likeness (QED) is 0.815. The minimum Gasteiger partial charge on any atom is -0.464 e. The van der Waals surface area contributed by atoms with E-state index in [0.717, 1.165) is 10.4 Å². The zero-order valence-corrected chi connectivity index (χ0v) is 12.7. The first kappa shape index (κ1) is 15.7. The molecule has 1 aromatic rings. The van der Waals surface area contributed by atoms with Gasteiger partial charge in [-0.3, -0.25) is 4.79 Å². The van der Waals surface area contributed by atoms with Gasteiger partial charge in [0.2, 0.25) is 5.91 Å². The maximum absolute atomic E-state index is 11.8. The standard InChI is InChI=1S/C14H21NO3S/c1-9(2)8-18-14(17)11(4)15-13(16)7-12-10(3)5-6-19-12/h5-6,9,11H,7-8H2,1-4H3,(H,15,16)/t11-/m0/s1. The zero-order valence-electron chi connectivity index (χ0n) is 11.9. The van der Waals surface area contributed by atoms with E-state index in [2.05, 4.69) is 5.32 Å². The van der Waals surface area contributed by atoms with Crippen molar-refractivity contribution < 1.29 is 14.3 Å². The Morgan fingerprint density at radius 1 is 1.37 bits per heavy atom. The van der Waals surface area contributed by atoms with Gasteiger partial charge in [-0.15, -0.1) is 11.3 Å². The van der Waals surface area contributed by atoms with E-state index in [9.17, 15) is 9.59 Å². The molecular weight excluding hydrogens is 262 g/mol. The van der Waals surface area contributed by atoms with Crippen LogP contribution in [0.4, 0.5) is 0 Å². The van der Waals surface area contributed by atoms with E-state index >= 15 is 0 Å². The van der Waals surface area contributed by atoms with Crippen molar-refractivity contribution in [3.05, 3.63) is 21.9 Å². The molecule has 106 valence electrons. The second kappa shape index (κ2) is 7.28. The van der Waals surface area contributed by atoms with Crippen molar-refractivity contribution in [3.63, 3.8) is 0 Å². The molecule has 1 rings (SSSR count). The highest BCUT2D eigenvalue weighted by Crippen LogP contribution is 2.15. The molecule has 0 aliphatic rings. The van der Waals surface area contributed by atoms with Crippen LogP contribution in [0.2, 0.25) is 0 Å². The predicted molar refractivity (Wildman–Crippen MR) is 76.2 cm³/mol. The summed E-state index contributed by atoms with van der Waals surface area (Å²) in [4.78, 5) is 24.4. The fourth-order valence-electron chi connectivity index (χ4n) is 1.46. The summed E-state index contributed by atoms with van der Waals surface area (Å²) in [7, 11) is 0. The van der Waals surface area contributed by atoms with E-state index in [1.165, 1.54) is 0 Å². The Labute approximate surface area is 118 Å². The van der Waals surface area contributed by atoms with Crippen LogP contribution >= 0.6 is 11.3 Å². The van der Waals surface area contributed by atoms with Crippen LogP contribution < -0.4 is 5.32 Å². The molecule has 1 atom stereocenters. The predicted octanol–water partition coefficient (Wildman–Crippen LogP) is 2.30. The van der Waals surface area contributed by atoms with E-state index in [0.29, 0.717) is 18.9 Å². The van der Waals surface area contributed by atoms with Crippen molar-refractivity contribution in [1.82, 2.24) is 5.32 Å². The van der Waals surface area contributed by atoms with Crippen molar-refractivity contribution in [3.8, 4) is 0 Å². The first-order valence-electron chi connectivity index (χ1n) is 6.39. The first-order chi connectivity index (χ1) is 8.90. The van der Waals surface area contributed by atoms with Crippen molar-refractivity contribution in [2.45, 2.75) is 40.2 Å². The normalized spacial score (nSPS) is 12.3. The first-order valence-corrected chi connectivity index (χ1v) is 7.27. The van der Waals surface area contributed by atoms with Gasteiger partial charge in [0.1, 0.15) is 6.04 Å². The van der Waals surface area contributed by atoms with Crippen LogP contribution in [0.15, 0.2) is 11.4 Å². The summed E-state index contributed by atoms with van der Waals surface area (Å²) in [5.41, 5.74) is 1.11. The van der Waals surface area contributed by atoms with Crippen LogP contribution in [0.1, 0.15) is 31.2 Å². The number of aryl methyl sites for hydroxylation is 1. The molecule has 0 aliphatic heterocycles. The molecule has 1 N–H and O–H groups in total. The number of nitrogens with one attached hydrogen (secondary N) is 1. The van der Waals surface area contributed by atoms with Gasteiger partial charge in [0.15, 0.2) is 0 Å². The fourth-order valence-corrected chi connectivity index (χ4v) is 2.36. The molecule has 0 unspecified atom stereocenters. The number of carbonyl (C=O) groups excluding carboxylic acids is 2. The van der Waals surface area contributed by atoms with Gasteiger partial charge >= 0.3 is 5.97 Å². The van der Waals surface area contributed by atoms with E-state index in [-0.39, 0.29) is 11.9 Å². The molecule has 0 saturated carbocycles. The number of esters is 1. The molecule has 0 aromatic carbocycles. The Hall–Kier alpha value is -1.36. The maximum Gasteiger partial charge on any atom is 0.328 e. The van der Waals surface area contributed by atoms with Crippen molar-refractivity contribution in [2.75, 3.05) is 6.61 Å². The van der Waals surface area contributed by atoms with Gasteiger partial charge in [0.25, 0.3) is 0 Å². The summed E-state index contributed by atoms with van der Waals surface area (Å²) in [5, 5.41) is 4.62. The van der Waals surface area contributed by atoms with Crippen LogP contribution in [0.25, 0.3) is 0 Å². The van der Waals surface area contributed by atoms with E-state index < -0.39 is 6.04 Å². The van der Waals surface area contributed by atoms with Crippen molar-refractivity contribution in [1.29, 1.82) is 0 Å². The highest BCUT2D eigenvalue weighted by atomic mass is 32.1. The van der Waals surface area contributed by atoms with E-state index in [4.69, 9.17) is 4.74 Å². The summed E-state index contributed by atoms with van der Waals surface area (Å²) in [6.07, 6.45) is 0.311. The molecule has 0 spiro atoms. The van der Waals surface area contributed by atoms with Gasteiger partial charge in [-0.25, -0.2) is 4.79 Å². The maximum atomic E-state index is 11.8. The lowest BCUT2D eigenvalue weighted by Crippen LogP contribution is -2.40. The fraction of sp³-hybridized carbons (Fsp3) is 0.571. The summed E-state index contributed by atoms with van der Waals surface area (Å²) in [5.74, 6) is -0.245. The average molecular weight is 283 g/mol. The lowest BCUT2D eigenvalue weighted by atomic mass is 10.2. The number of thiophene rings is 1. The molecule has 5 heteroatoms. The van der Waals surface area contributed by atoms with Crippen LogP contribution in [-0.4, -0.2) is 24.5 Å². The van der Waals surface area contributed by atoms with Gasteiger partial charge < -0.3 is 10.1 Å². The third-order valence-electron chi connectivity index (χ3n) is 2.58. The Bertz CT molecular complexity index is 440. The lowest BCUT2D eigenvalue weighted by molar-refractivity contribution is -0.148. The average Bonchev–Trinajstić information content (AvgIpc) is 2.71. The molecule has 1 aromatic heterocycles. The Morgan fingerprint density at radius 2 is 2.05 bits per heavy atom. The number of hydrogen-bond donors (Lipinski definition) is 1. The van der Waals surface area contributed by atoms with Gasteiger partial charge in [-0.05, 0) is 36.8 Å². The number of hydrogen-bond acceptors (Lipinski definition) is 4. The largest absolute Gasteiger partial charge is 0.464 e. The zero-order chi connectivity index (χ0) is 14.4. The SMILES string of the molecule is Cc1ccsc1CC(=O)N[C@@H](C)C(=O)OCC(C)C. The van der Waals surface area contributed by atoms with Crippen LogP contribution in [-0.2, 0) is 20.7 Å². The second-order valence-corrected chi connectivity index (χ2v) is 6.02. The molecule has 0 saturated heterocycles. The van der Waals surface area contributed by atoms with Crippen LogP contribution in [0.3, 0.4) is 0 Å². The summed E-state index contributed by atoms with van der Waals surface area (Å²) >= 11 is 1.55. The molecule has 19 heavy (non-hydrogen) atoms. The second-order valence-electron chi connectivity index (χ2n) is 5.02. The van der Waals surface area contributed by atoms with E-state index in [1.807, 2.05) is 32.2 Å². The van der Waals surface area contributed by atoms with Gasteiger partial charge in [0, 0.05) is 4.88 Å². The lowest BCUT2D eigenvalue weighted by Gasteiger charge is -2.14. The summed E-state index contributed by atoms with van der Waals surface area (Å²) in [6, 6.07) is 1.37. The third-order valence-corrected chi connectivity index (χ3v) is 3.60. The monoisotopic (exact) mass is 283 g/mol. The number of amides is 1. The van der Waals surface area contributed by atoms with Crippen molar-refractivity contribution in [2.24, 2.45) is 5.92 Å². The smallest absolute Gasteiger partial charge is 0.328 e. The molecule has 1 heterocycles. The third kappa shape index (κ3) is 5.42. The molecule has 1 amide bonds. The highest BCUT2D eigenvalue weighted by Gasteiger charge is 2.18. The Morgan fingerprint density at radius 3 is 2.58 bits per heavy atom. The van der Waals surface area contributed by atoms with Crippen LogP contribution in [0.5, 0.6) is 0 Å². The molecule has 0 bridgehead atoms. The minimum atomic E-state index is -0.605. The minimum absolute atomic E-state index is 0.153. The number of ether oxygens (including phenoxy) is 1. The van der Waals surface area contributed by atoms with Gasteiger partial charge in [-0.1, -0.05) is 13.8 Å². The van der Waals surface area contributed by atoms with Crippen LogP contribution in [0, 0.1) is 12.8 Å². The summed E-state index contributed by atoms with van der Waals surface area (Å²) in [6.45, 7) is 7.93. The Kier molecular flexibility index (Phi) is 6.02.